The minimum absolute atomic E-state index is 0. The number of esters is 2. The van der Waals surface area contributed by atoms with Gasteiger partial charge in [-0.05, 0) is 6.42 Å². The normalized spacial score (nSPS) is 12.4. The Kier molecular flexibility index (Phi) is 20.7. The van der Waals surface area contributed by atoms with Crippen LogP contribution in [-0.4, -0.2) is 44.8 Å². The van der Waals surface area contributed by atoms with Crippen molar-refractivity contribution in [3.05, 3.63) is 0 Å². The molecule has 33 heavy (non-hydrogen) atoms. The van der Waals surface area contributed by atoms with Crippen LogP contribution in [0.2, 0.25) is 0 Å². The predicted octanol–water partition coefficient (Wildman–Crippen LogP) is 5.16. The van der Waals surface area contributed by atoms with E-state index in [1.807, 2.05) is 0 Å². The molecule has 0 bridgehead atoms. The van der Waals surface area contributed by atoms with Crippen molar-refractivity contribution in [2.45, 2.75) is 128 Å². The summed E-state index contributed by atoms with van der Waals surface area (Å²) in [6.45, 7) is 2.23. The van der Waals surface area contributed by atoms with Crippen molar-refractivity contribution < 1.29 is 39.2 Å². The van der Waals surface area contributed by atoms with Crippen LogP contribution in [0.5, 0.6) is 0 Å². The molecule has 0 saturated carbocycles. The van der Waals surface area contributed by atoms with E-state index in [2.05, 4.69) is 11.7 Å². The molecule has 1 atom stereocenters. The van der Waals surface area contributed by atoms with Gasteiger partial charge >= 0.3 is 23.9 Å². The summed E-state index contributed by atoms with van der Waals surface area (Å²) in [5.74, 6) is -5.48. The second-order valence-corrected chi connectivity index (χ2v) is 8.63. The molecular weight excluding hydrogens is 430 g/mol. The van der Waals surface area contributed by atoms with Crippen molar-refractivity contribution >= 4 is 23.9 Å². The molecule has 0 rings (SSSR count). The summed E-state index contributed by atoms with van der Waals surface area (Å²) in [4.78, 5) is 45.0. The number of hydrogen-bond acceptors (Lipinski definition) is 7. The van der Waals surface area contributed by atoms with Crippen LogP contribution in [-0.2, 0) is 23.9 Å². The zero-order valence-electron chi connectivity index (χ0n) is 20.3. The Morgan fingerprint density at radius 2 is 1.03 bits per heavy atom. The summed E-state index contributed by atoms with van der Waals surface area (Å²) in [5, 5.41) is 27.3. The van der Waals surface area contributed by atoms with E-state index >= 15 is 0 Å². The summed E-state index contributed by atoms with van der Waals surface area (Å²) in [5.41, 5.74) is -2.79. The highest BCUT2D eigenvalue weighted by molar-refractivity contribution is 5.92. The number of rotatable bonds is 21. The first-order valence-corrected chi connectivity index (χ1v) is 12.1. The molecular formula is C24H45NO8. The lowest BCUT2D eigenvalue weighted by Crippen LogP contribution is -2.43. The third-order valence-electron chi connectivity index (χ3n) is 5.49. The Labute approximate surface area is 197 Å². The third kappa shape index (κ3) is 19.2. The van der Waals surface area contributed by atoms with Crippen molar-refractivity contribution in [2.75, 3.05) is 0 Å². The van der Waals surface area contributed by atoms with E-state index in [0.717, 1.165) is 19.3 Å². The Morgan fingerprint density at radius 1 is 0.636 bits per heavy atom. The largest absolute Gasteiger partial charge is 0.481 e. The van der Waals surface area contributed by atoms with Gasteiger partial charge in [0, 0.05) is 6.42 Å². The predicted molar refractivity (Wildman–Crippen MR) is 125 cm³/mol. The number of carboxylic acid groups (broad SMARTS) is 2. The Hall–Kier alpha value is -2.00. The first-order valence-electron chi connectivity index (χ1n) is 12.1. The maximum absolute atomic E-state index is 11.7. The molecule has 0 amide bonds. The highest BCUT2D eigenvalue weighted by atomic mass is 16.6. The molecule has 9 heteroatoms. The van der Waals surface area contributed by atoms with Gasteiger partial charge in [0.1, 0.15) is 0 Å². The van der Waals surface area contributed by atoms with Gasteiger partial charge in [-0.15, -0.1) is 0 Å². The first kappa shape index (κ1) is 33.2. The van der Waals surface area contributed by atoms with E-state index in [1.165, 1.54) is 70.6 Å². The molecule has 0 aromatic heterocycles. The fourth-order valence-corrected chi connectivity index (χ4v) is 3.56. The van der Waals surface area contributed by atoms with Gasteiger partial charge in [0.05, 0.1) is 12.8 Å². The van der Waals surface area contributed by atoms with Crippen LogP contribution in [0, 0.1) is 0 Å². The molecule has 0 aliphatic rings. The number of hydrogen-bond donors (Lipinski definition) is 4. The summed E-state index contributed by atoms with van der Waals surface area (Å²) < 4.78 is 4.50. The van der Waals surface area contributed by atoms with Gasteiger partial charge in [-0.1, -0.05) is 96.8 Å². The first-order chi connectivity index (χ1) is 15.2. The number of ether oxygens (including phenoxy) is 1. The molecule has 0 spiro atoms. The van der Waals surface area contributed by atoms with E-state index in [0.29, 0.717) is 6.42 Å². The molecule has 0 radical (unpaired) electrons. The highest BCUT2D eigenvalue weighted by Crippen LogP contribution is 2.18. The zero-order chi connectivity index (χ0) is 24.2. The lowest BCUT2D eigenvalue weighted by atomic mass is 9.96. The quantitative estimate of drug-likeness (QED) is 0.0992. The molecule has 0 saturated heterocycles. The van der Waals surface area contributed by atoms with E-state index in [1.54, 1.807) is 0 Å². The summed E-state index contributed by atoms with van der Waals surface area (Å²) >= 11 is 0. The van der Waals surface area contributed by atoms with E-state index in [-0.39, 0.29) is 12.6 Å². The summed E-state index contributed by atoms with van der Waals surface area (Å²) in [6, 6.07) is 0. The Bertz CT molecular complexity index is 567. The van der Waals surface area contributed by atoms with E-state index in [4.69, 9.17) is 10.2 Å². The molecule has 0 aliphatic heterocycles. The van der Waals surface area contributed by atoms with E-state index < -0.39 is 42.3 Å². The topological polar surface area (TPSA) is 173 Å². The zero-order valence-corrected chi connectivity index (χ0v) is 20.3. The minimum atomic E-state index is -2.79. The minimum Gasteiger partial charge on any atom is -0.481 e. The second kappa shape index (κ2) is 20.6. The standard InChI is InChI=1S/C24H42O8.H3N/c1-2-3-4-5-6-7-8-9-10-11-12-13-14-15-16-17-21(27)32-22(28)19-24(31,23(29)30)18-20(25)26;/h31H,2-19H2,1H3,(H,25,26)(H,29,30);1H3. The van der Waals surface area contributed by atoms with Crippen LogP contribution in [0.25, 0.3) is 0 Å². The van der Waals surface area contributed by atoms with Crippen LogP contribution in [0.3, 0.4) is 0 Å². The Balaban J connectivity index is 0. The Morgan fingerprint density at radius 3 is 1.39 bits per heavy atom. The SMILES string of the molecule is CCCCCCCCCCCCCCCCCC(=O)OC(=O)CC(O)(CC(=O)O)C(=O)O.N. The molecule has 9 nitrogen and oxygen atoms in total. The van der Waals surface area contributed by atoms with Crippen LogP contribution in [0.4, 0.5) is 0 Å². The van der Waals surface area contributed by atoms with Crippen molar-refractivity contribution in [1.29, 1.82) is 0 Å². The fraction of sp³-hybridized carbons (Fsp3) is 0.833. The molecule has 0 heterocycles. The average molecular weight is 476 g/mol. The van der Waals surface area contributed by atoms with Gasteiger partial charge in [0.25, 0.3) is 0 Å². The van der Waals surface area contributed by atoms with Gasteiger partial charge in [-0.3, -0.25) is 14.4 Å². The summed E-state index contributed by atoms with van der Waals surface area (Å²) in [6.07, 6.45) is 15.6. The molecule has 0 aliphatic carbocycles. The molecule has 0 aromatic rings. The van der Waals surface area contributed by atoms with E-state index in [9.17, 15) is 24.3 Å². The number of aliphatic carboxylic acids is 2. The molecule has 1 unspecified atom stereocenters. The molecule has 0 fully saturated rings. The monoisotopic (exact) mass is 475 g/mol. The second-order valence-electron chi connectivity index (χ2n) is 8.63. The third-order valence-corrected chi connectivity index (χ3v) is 5.49. The maximum Gasteiger partial charge on any atom is 0.336 e. The van der Waals surface area contributed by atoms with Crippen LogP contribution >= 0.6 is 0 Å². The van der Waals surface area contributed by atoms with Crippen LogP contribution in [0.15, 0.2) is 0 Å². The number of carbonyl (C=O) groups excluding carboxylic acids is 2. The average Bonchev–Trinajstić information content (AvgIpc) is 2.69. The van der Waals surface area contributed by atoms with Crippen molar-refractivity contribution in [3.63, 3.8) is 0 Å². The smallest absolute Gasteiger partial charge is 0.336 e. The van der Waals surface area contributed by atoms with Gasteiger partial charge in [-0.25, -0.2) is 4.79 Å². The lowest BCUT2D eigenvalue weighted by Gasteiger charge is -2.19. The molecule has 0 aromatic carbocycles. The maximum atomic E-state index is 11.7. The fourth-order valence-electron chi connectivity index (χ4n) is 3.56. The summed E-state index contributed by atoms with van der Waals surface area (Å²) in [7, 11) is 0. The van der Waals surface area contributed by atoms with Crippen LogP contribution < -0.4 is 6.15 Å². The lowest BCUT2D eigenvalue weighted by molar-refractivity contribution is -0.174. The van der Waals surface area contributed by atoms with Crippen molar-refractivity contribution in [3.8, 4) is 0 Å². The van der Waals surface area contributed by atoms with Gasteiger partial charge in [0.15, 0.2) is 5.60 Å². The molecule has 194 valence electrons. The number of aliphatic hydroxyl groups is 1. The van der Waals surface area contributed by atoms with Gasteiger partial charge in [-0.2, -0.15) is 0 Å². The number of carbonyl (C=O) groups is 4. The molecule has 6 N–H and O–H groups in total. The van der Waals surface area contributed by atoms with Gasteiger partial charge < -0.3 is 26.2 Å². The van der Waals surface area contributed by atoms with Crippen LogP contribution in [0.1, 0.15) is 122 Å². The van der Waals surface area contributed by atoms with Crippen molar-refractivity contribution in [2.24, 2.45) is 0 Å². The number of carboxylic acids is 2. The van der Waals surface area contributed by atoms with Crippen molar-refractivity contribution in [1.82, 2.24) is 6.15 Å². The van der Waals surface area contributed by atoms with Gasteiger partial charge in [0.2, 0.25) is 0 Å². The highest BCUT2D eigenvalue weighted by Gasteiger charge is 2.41. The number of unbranched alkanes of at least 4 members (excludes halogenated alkanes) is 14.